The smallest absolute Gasteiger partial charge is 0.278 e. The van der Waals surface area contributed by atoms with Gasteiger partial charge < -0.3 is 10.2 Å². The Labute approximate surface area is 123 Å². The maximum atomic E-state index is 12.0. The molecule has 3 rings (SSSR count). The van der Waals surface area contributed by atoms with Crippen LogP contribution in [0.2, 0.25) is 0 Å². The van der Waals surface area contributed by atoms with Crippen molar-refractivity contribution < 1.29 is 8.42 Å². The van der Waals surface area contributed by atoms with Crippen molar-refractivity contribution in [2.24, 2.45) is 0 Å². The zero-order valence-electron chi connectivity index (χ0n) is 11.4. The fraction of sp³-hybridized carbons (Fsp3) is 0.308. The first-order valence-electron chi connectivity index (χ1n) is 6.73. The molecule has 1 aromatic carbocycles. The Hall–Kier alpha value is -2.06. The van der Waals surface area contributed by atoms with Gasteiger partial charge in [-0.05, 0) is 30.3 Å². The van der Waals surface area contributed by atoms with Gasteiger partial charge in [-0.15, -0.1) is 0 Å². The number of nitrogens with one attached hydrogen (secondary N) is 3. The number of sulfonamides is 1. The number of piperazine rings is 1. The number of aromatic amines is 1. The molecule has 0 amide bonds. The summed E-state index contributed by atoms with van der Waals surface area (Å²) in [4.78, 5) is 2.27. The van der Waals surface area contributed by atoms with Crippen molar-refractivity contribution >= 4 is 21.4 Å². The van der Waals surface area contributed by atoms with Gasteiger partial charge >= 0.3 is 0 Å². The molecule has 0 spiro atoms. The first kappa shape index (κ1) is 13.9. The molecular weight excluding hydrogens is 290 g/mol. The molecule has 0 aliphatic carbocycles. The average molecular weight is 307 g/mol. The molecular formula is C13H17N5O2S. The SMILES string of the molecule is O=S(=O)(Nc1ccc(N2CCNCC2)cc1)c1ccn[nH]1. The lowest BCUT2D eigenvalue weighted by atomic mass is 10.2. The summed E-state index contributed by atoms with van der Waals surface area (Å²) >= 11 is 0. The third-order valence-corrected chi connectivity index (χ3v) is 4.68. The van der Waals surface area contributed by atoms with Crippen LogP contribution in [0.5, 0.6) is 0 Å². The predicted octanol–water partition coefficient (Wildman–Crippen LogP) is 0.620. The lowest BCUT2D eigenvalue weighted by Crippen LogP contribution is -2.43. The molecule has 1 aliphatic heterocycles. The van der Waals surface area contributed by atoms with Gasteiger partial charge in [0.2, 0.25) is 0 Å². The first-order valence-corrected chi connectivity index (χ1v) is 8.21. The summed E-state index contributed by atoms with van der Waals surface area (Å²) in [6.07, 6.45) is 1.40. The molecule has 0 unspecified atom stereocenters. The monoisotopic (exact) mass is 307 g/mol. The molecule has 7 nitrogen and oxygen atoms in total. The van der Waals surface area contributed by atoms with Gasteiger partial charge in [-0.1, -0.05) is 0 Å². The third kappa shape index (κ3) is 3.17. The van der Waals surface area contributed by atoms with E-state index in [9.17, 15) is 8.42 Å². The number of anilines is 2. The van der Waals surface area contributed by atoms with Crippen molar-refractivity contribution in [2.75, 3.05) is 35.8 Å². The quantitative estimate of drug-likeness (QED) is 0.770. The number of benzene rings is 1. The second kappa shape index (κ2) is 5.74. The number of hydrogen-bond donors (Lipinski definition) is 3. The topological polar surface area (TPSA) is 90.1 Å². The Morgan fingerprint density at radius 3 is 2.43 bits per heavy atom. The van der Waals surface area contributed by atoms with Crippen molar-refractivity contribution in [3.05, 3.63) is 36.5 Å². The first-order chi connectivity index (χ1) is 10.1. The average Bonchev–Trinajstić information content (AvgIpc) is 3.04. The molecule has 2 heterocycles. The predicted molar refractivity (Wildman–Crippen MR) is 80.9 cm³/mol. The molecule has 1 fully saturated rings. The highest BCUT2D eigenvalue weighted by Gasteiger charge is 2.16. The summed E-state index contributed by atoms with van der Waals surface area (Å²) < 4.78 is 26.6. The molecule has 3 N–H and O–H groups in total. The van der Waals surface area contributed by atoms with Crippen LogP contribution in [-0.2, 0) is 10.0 Å². The summed E-state index contributed by atoms with van der Waals surface area (Å²) in [5.41, 5.74) is 1.63. The minimum atomic E-state index is -3.60. The van der Waals surface area contributed by atoms with Crippen molar-refractivity contribution in [1.29, 1.82) is 0 Å². The van der Waals surface area contributed by atoms with E-state index in [0.29, 0.717) is 5.69 Å². The van der Waals surface area contributed by atoms with Crippen molar-refractivity contribution in [3.63, 3.8) is 0 Å². The summed E-state index contributed by atoms with van der Waals surface area (Å²) in [5, 5.41) is 9.44. The molecule has 1 saturated heterocycles. The number of H-pyrrole nitrogens is 1. The van der Waals surface area contributed by atoms with E-state index in [4.69, 9.17) is 0 Å². The van der Waals surface area contributed by atoms with Gasteiger partial charge in [-0.25, -0.2) is 0 Å². The molecule has 0 radical (unpaired) electrons. The molecule has 2 aromatic rings. The summed E-state index contributed by atoms with van der Waals surface area (Å²) in [5.74, 6) is 0. The third-order valence-electron chi connectivity index (χ3n) is 3.37. The summed E-state index contributed by atoms with van der Waals surface area (Å²) in [7, 11) is -3.60. The number of nitrogens with zero attached hydrogens (tertiary/aromatic N) is 2. The Morgan fingerprint density at radius 1 is 1.10 bits per heavy atom. The van der Waals surface area contributed by atoms with Gasteiger partial charge in [0.15, 0.2) is 5.03 Å². The van der Waals surface area contributed by atoms with Gasteiger partial charge in [0.25, 0.3) is 10.0 Å². The fourth-order valence-electron chi connectivity index (χ4n) is 2.27. The lowest BCUT2D eigenvalue weighted by molar-refractivity contribution is 0.589. The molecule has 8 heteroatoms. The van der Waals surface area contributed by atoms with Gasteiger partial charge in [0, 0.05) is 37.6 Å². The molecule has 1 aliphatic rings. The van der Waals surface area contributed by atoms with Crippen LogP contribution in [0, 0.1) is 0 Å². The summed E-state index contributed by atoms with van der Waals surface area (Å²) in [6, 6.07) is 8.81. The molecule has 1 aromatic heterocycles. The number of aromatic nitrogens is 2. The van der Waals surface area contributed by atoms with E-state index in [1.807, 2.05) is 12.1 Å². The Balaban J connectivity index is 1.72. The molecule has 0 bridgehead atoms. The van der Waals surface area contributed by atoms with Crippen molar-refractivity contribution in [2.45, 2.75) is 5.03 Å². The van der Waals surface area contributed by atoms with Crippen LogP contribution in [0.15, 0.2) is 41.6 Å². The minimum absolute atomic E-state index is 0.0497. The normalized spacial score (nSPS) is 15.9. The van der Waals surface area contributed by atoms with Gasteiger partial charge in [0.05, 0.1) is 6.20 Å². The largest absolute Gasteiger partial charge is 0.369 e. The second-order valence-electron chi connectivity index (χ2n) is 4.81. The van der Waals surface area contributed by atoms with Crippen LogP contribution >= 0.6 is 0 Å². The van der Waals surface area contributed by atoms with E-state index in [0.717, 1.165) is 31.9 Å². The van der Waals surface area contributed by atoms with Crippen molar-refractivity contribution in [3.8, 4) is 0 Å². The maximum Gasteiger partial charge on any atom is 0.278 e. The van der Waals surface area contributed by atoms with E-state index >= 15 is 0 Å². The van der Waals surface area contributed by atoms with E-state index in [2.05, 4.69) is 25.1 Å². The van der Waals surface area contributed by atoms with Crippen LogP contribution in [-0.4, -0.2) is 44.8 Å². The Morgan fingerprint density at radius 2 is 1.81 bits per heavy atom. The van der Waals surface area contributed by atoms with Crippen LogP contribution in [0.4, 0.5) is 11.4 Å². The minimum Gasteiger partial charge on any atom is -0.369 e. The van der Waals surface area contributed by atoms with E-state index < -0.39 is 10.0 Å². The number of hydrogen-bond acceptors (Lipinski definition) is 5. The highest BCUT2D eigenvalue weighted by molar-refractivity contribution is 7.92. The fourth-order valence-corrected chi connectivity index (χ4v) is 3.24. The number of rotatable bonds is 4. The molecule has 21 heavy (non-hydrogen) atoms. The zero-order valence-corrected chi connectivity index (χ0v) is 12.2. The van der Waals surface area contributed by atoms with Crippen LogP contribution in [0.25, 0.3) is 0 Å². The van der Waals surface area contributed by atoms with Gasteiger partial charge in [-0.2, -0.15) is 13.5 Å². The van der Waals surface area contributed by atoms with Gasteiger partial charge in [0.1, 0.15) is 0 Å². The highest BCUT2D eigenvalue weighted by Crippen LogP contribution is 2.20. The Kier molecular flexibility index (Phi) is 3.80. The van der Waals surface area contributed by atoms with E-state index in [-0.39, 0.29) is 5.03 Å². The Bertz CT molecular complexity index is 676. The van der Waals surface area contributed by atoms with Crippen LogP contribution in [0.3, 0.4) is 0 Å². The van der Waals surface area contributed by atoms with E-state index in [1.54, 1.807) is 12.1 Å². The van der Waals surface area contributed by atoms with Gasteiger partial charge in [-0.3, -0.25) is 9.82 Å². The second-order valence-corrected chi connectivity index (χ2v) is 6.46. The van der Waals surface area contributed by atoms with E-state index in [1.165, 1.54) is 12.3 Å². The van der Waals surface area contributed by atoms with Crippen LogP contribution in [0.1, 0.15) is 0 Å². The summed E-state index contributed by atoms with van der Waals surface area (Å²) in [6.45, 7) is 3.85. The molecule has 112 valence electrons. The van der Waals surface area contributed by atoms with Crippen LogP contribution < -0.4 is 14.9 Å². The molecule has 0 saturated carbocycles. The van der Waals surface area contributed by atoms with Crippen molar-refractivity contribution in [1.82, 2.24) is 15.5 Å². The zero-order chi connectivity index (χ0) is 14.7. The standard InChI is InChI=1S/C13H17N5O2S/c19-21(20,13-5-6-15-16-13)17-11-1-3-12(4-2-11)18-9-7-14-8-10-18/h1-6,14,17H,7-10H2,(H,15,16). The molecule has 0 atom stereocenters. The maximum absolute atomic E-state index is 12.0. The lowest BCUT2D eigenvalue weighted by Gasteiger charge is -2.29. The highest BCUT2D eigenvalue weighted by atomic mass is 32.2.